The van der Waals surface area contributed by atoms with E-state index in [4.69, 9.17) is 4.74 Å². The number of pyridine rings is 1. The van der Waals surface area contributed by atoms with Crippen molar-refractivity contribution < 1.29 is 9.53 Å². The van der Waals surface area contributed by atoms with Crippen molar-refractivity contribution in [2.45, 2.75) is 30.8 Å². The third-order valence-corrected chi connectivity index (χ3v) is 6.19. The van der Waals surface area contributed by atoms with Crippen LogP contribution in [0.2, 0.25) is 0 Å². The summed E-state index contributed by atoms with van der Waals surface area (Å²) in [5.41, 5.74) is 2.40. The Morgan fingerprint density at radius 1 is 1.40 bits per heavy atom. The van der Waals surface area contributed by atoms with Gasteiger partial charge in [0.2, 0.25) is 0 Å². The molecule has 6 nitrogen and oxygen atoms in total. The van der Waals surface area contributed by atoms with E-state index < -0.39 is 0 Å². The molecule has 1 spiro atoms. The van der Waals surface area contributed by atoms with Gasteiger partial charge in [-0.15, -0.1) is 11.8 Å². The van der Waals surface area contributed by atoms with Gasteiger partial charge < -0.3 is 9.64 Å². The number of hydrogen-bond donors (Lipinski definition) is 0. The molecular formula is C18H20N4O2S. The van der Waals surface area contributed by atoms with E-state index in [1.165, 1.54) is 6.20 Å². The van der Waals surface area contributed by atoms with Crippen molar-refractivity contribution in [3.8, 4) is 0 Å². The number of nitrogens with zero attached hydrogens (tertiary/aromatic N) is 4. The topological polar surface area (TPSA) is 68.2 Å². The van der Waals surface area contributed by atoms with Crippen LogP contribution in [0.5, 0.6) is 0 Å². The molecule has 0 saturated carbocycles. The molecular weight excluding hydrogens is 336 g/mol. The fraction of sp³-hybridized carbons (Fsp3) is 0.444. The Balaban J connectivity index is 1.28. The van der Waals surface area contributed by atoms with E-state index in [1.54, 1.807) is 12.4 Å². The van der Waals surface area contributed by atoms with Crippen LogP contribution in [-0.4, -0.2) is 55.5 Å². The lowest BCUT2D eigenvalue weighted by Crippen LogP contribution is -2.60. The van der Waals surface area contributed by atoms with Crippen LogP contribution in [0.1, 0.15) is 28.3 Å². The van der Waals surface area contributed by atoms with Crippen LogP contribution in [0.25, 0.3) is 0 Å². The minimum Gasteiger partial charge on any atom is -0.371 e. The molecule has 2 aliphatic heterocycles. The summed E-state index contributed by atoms with van der Waals surface area (Å²) < 4.78 is 6.19. The minimum absolute atomic E-state index is 0.0346. The second-order valence-electron chi connectivity index (χ2n) is 6.65. The highest BCUT2D eigenvalue weighted by Gasteiger charge is 2.51. The molecule has 2 aromatic heterocycles. The number of aryl methyl sites for hydroxylation is 1. The Hall–Kier alpha value is -1.99. The van der Waals surface area contributed by atoms with E-state index in [1.807, 2.05) is 41.8 Å². The van der Waals surface area contributed by atoms with Gasteiger partial charge in [-0.2, -0.15) is 0 Å². The van der Waals surface area contributed by atoms with Crippen LogP contribution in [0.4, 0.5) is 0 Å². The minimum atomic E-state index is -0.0346. The number of thioether (sulfide) groups is 1. The van der Waals surface area contributed by atoms with E-state index in [-0.39, 0.29) is 16.8 Å². The van der Waals surface area contributed by atoms with Crippen molar-refractivity contribution in [1.29, 1.82) is 0 Å². The summed E-state index contributed by atoms with van der Waals surface area (Å²) in [6, 6.07) is 5.99. The fourth-order valence-corrected chi connectivity index (χ4v) is 4.93. The second kappa shape index (κ2) is 6.72. The first kappa shape index (κ1) is 16.5. The SMILES string of the molecule is Cc1cccc(CO[C@@H]2CSC3(C2)CN(C(=O)c2cnccn2)C3)n1. The van der Waals surface area contributed by atoms with Gasteiger partial charge in [-0.05, 0) is 25.5 Å². The second-order valence-corrected chi connectivity index (χ2v) is 8.14. The molecule has 2 fully saturated rings. The fourth-order valence-electron chi connectivity index (χ4n) is 3.38. The van der Waals surface area contributed by atoms with Gasteiger partial charge in [0, 0.05) is 36.9 Å². The first-order valence-corrected chi connectivity index (χ1v) is 9.36. The van der Waals surface area contributed by atoms with Crippen LogP contribution in [0, 0.1) is 6.92 Å². The largest absolute Gasteiger partial charge is 0.371 e. The van der Waals surface area contributed by atoms with Crippen LogP contribution < -0.4 is 0 Å². The van der Waals surface area contributed by atoms with E-state index in [2.05, 4.69) is 15.0 Å². The van der Waals surface area contributed by atoms with Gasteiger partial charge in [0.05, 0.1) is 29.3 Å². The highest BCUT2D eigenvalue weighted by Crippen LogP contribution is 2.46. The lowest BCUT2D eigenvalue weighted by Gasteiger charge is -2.47. The highest BCUT2D eigenvalue weighted by atomic mass is 32.2. The molecule has 0 bridgehead atoms. The highest BCUT2D eigenvalue weighted by molar-refractivity contribution is 8.01. The van der Waals surface area contributed by atoms with Crippen LogP contribution in [0.3, 0.4) is 0 Å². The Morgan fingerprint density at radius 3 is 3.04 bits per heavy atom. The molecule has 1 amide bonds. The van der Waals surface area contributed by atoms with Gasteiger partial charge in [-0.1, -0.05) is 6.07 Å². The number of amides is 1. The quantitative estimate of drug-likeness (QED) is 0.836. The Bertz CT molecular complexity index is 765. The molecule has 2 aromatic rings. The molecule has 1 atom stereocenters. The van der Waals surface area contributed by atoms with Crippen molar-refractivity contribution in [1.82, 2.24) is 19.9 Å². The van der Waals surface area contributed by atoms with E-state index >= 15 is 0 Å². The standard InChI is InChI=1S/C18H20N4O2S/c1-13-3-2-4-14(21-13)9-24-15-7-18(25-10-15)11-22(12-18)17(23)16-8-19-5-6-20-16/h2-6,8,15H,7,9-12H2,1H3/t15-/m0/s1. The van der Waals surface area contributed by atoms with Crippen molar-refractivity contribution in [3.63, 3.8) is 0 Å². The zero-order chi connectivity index (χ0) is 17.3. The summed E-state index contributed by atoms with van der Waals surface area (Å²) in [6.07, 6.45) is 5.85. The average Bonchev–Trinajstić information content (AvgIpc) is 3.04. The summed E-state index contributed by atoms with van der Waals surface area (Å²) >= 11 is 1.92. The smallest absolute Gasteiger partial charge is 0.274 e. The van der Waals surface area contributed by atoms with Crippen molar-refractivity contribution in [3.05, 3.63) is 53.9 Å². The Kier molecular flexibility index (Phi) is 4.43. The van der Waals surface area contributed by atoms with Crippen LogP contribution in [-0.2, 0) is 11.3 Å². The third kappa shape index (κ3) is 3.52. The Labute approximate surface area is 151 Å². The predicted octanol–water partition coefficient (Wildman–Crippen LogP) is 2.10. The van der Waals surface area contributed by atoms with Gasteiger partial charge in [0.1, 0.15) is 5.69 Å². The van der Waals surface area contributed by atoms with Crippen molar-refractivity contribution >= 4 is 17.7 Å². The summed E-state index contributed by atoms with van der Waals surface area (Å²) in [7, 11) is 0. The number of rotatable bonds is 4. The molecule has 130 valence electrons. The molecule has 2 aliphatic rings. The first-order chi connectivity index (χ1) is 12.1. The molecule has 4 rings (SSSR count). The van der Waals surface area contributed by atoms with E-state index in [0.29, 0.717) is 12.3 Å². The van der Waals surface area contributed by atoms with Crippen molar-refractivity contribution in [2.24, 2.45) is 0 Å². The maximum Gasteiger partial charge on any atom is 0.274 e. The van der Waals surface area contributed by atoms with E-state index in [0.717, 1.165) is 36.7 Å². The zero-order valence-corrected chi connectivity index (χ0v) is 14.9. The van der Waals surface area contributed by atoms with E-state index in [9.17, 15) is 4.79 Å². The molecule has 0 aromatic carbocycles. The molecule has 0 unspecified atom stereocenters. The number of hydrogen-bond acceptors (Lipinski definition) is 6. The molecule has 0 aliphatic carbocycles. The van der Waals surface area contributed by atoms with Crippen LogP contribution in [0.15, 0.2) is 36.8 Å². The van der Waals surface area contributed by atoms with Gasteiger partial charge in [-0.25, -0.2) is 4.98 Å². The van der Waals surface area contributed by atoms with Gasteiger partial charge >= 0.3 is 0 Å². The summed E-state index contributed by atoms with van der Waals surface area (Å²) in [5, 5.41) is 0. The molecule has 2 saturated heterocycles. The molecule has 7 heteroatoms. The lowest BCUT2D eigenvalue weighted by molar-refractivity contribution is 0.0242. The number of carbonyl (C=O) groups is 1. The van der Waals surface area contributed by atoms with Gasteiger partial charge in [0.25, 0.3) is 5.91 Å². The third-order valence-electron chi connectivity index (χ3n) is 4.62. The maximum atomic E-state index is 12.4. The maximum absolute atomic E-state index is 12.4. The average molecular weight is 356 g/mol. The summed E-state index contributed by atoms with van der Waals surface area (Å²) in [4.78, 5) is 26.7. The number of aromatic nitrogens is 3. The lowest BCUT2D eigenvalue weighted by atomic mass is 9.92. The molecule has 25 heavy (non-hydrogen) atoms. The van der Waals surface area contributed by atoms with Gasteiger partial charge in [-0.3, -0.25) is 14.8 Å². The molecule has 0 radical (unpaired) electrons. The first-order valence-electron chi connectivity index (χ1n) is 8.37. The van der Waals surface area contributed by atoms with Gasteiger partial charge in [0.15, 0.2) is 0 Å². The Morgan fingerprint density at radius 2 is 2.28 bits per heavy atom. The predicted molar refractivity (Wildman–Crippen MR) is 95.3 cm³/mol. The number of carbonyl (C=O) groups excluding carboxylic acids is 1. The van der Waals surface area contributed by atoms with Crippen LogP contribution >= 0.6 is 11.8 Å². The molecule has 4 heterocycles. The molecule has 0 N–H and O–H groups in total. The summed E-state index contributed by atoms with van der Waals surface area (Å²) in [6.45, 7) is 4.05. The zero-order valence-electron chi connectivity index (χ0n) is 14.1. The monoisotopic (exact) mass is 356 g/mol. The number of likely N-dealkylation sites (tertiary alicyclic amines) is 1. The number of ether oxygens (including phenoxy) is 1. The normalized spacial score (nSPS) is 21.3. The van der Waals surface area contributed by atoms with Crippen molar-refractivity contribution in [2.75, 3.05) is 18.8 Å². The summed E-state index contributed by atoms with van der Waals surface area (Å²) in [5.74, 6) is 0.937.